The number of amides is 1. The number of nitrogens with zero attached hydrogens (tertiary/aromatic N) is 3. The lowest BCUT2D eigenvalue weighted by Crippen LogP contribution is -2.50. The molecule has 1 aliphatic rings. The predicted molar refractivity (Wildman–Crippen MR) is 100.0 cm³/mol. The van der Waals surface area contributed by atoms with E-state index in [1.165, 1.54) is 28.6 Å². The molecule has 0 radical (unpaired) electrons. The van der Waals surface area contributed by atoms with Gasteiger partial charge in [-0.3, -0.25) is 4.79 Å². The third kappa shape index (κ3) is 3.80. The molecule has 0 saturated carbocycles. The average Bonchev–Trinajstić information content (AvgIpc) is 2.67. The molecule has 0 unspecified atom stereocenters. The lowest BCUT2D eigenvalue weighted by atomic mass is 10.2. The van der Waals surface area contributed by atoms with E-state index in [1.807, 2.05) is 12.1 Å². The number of rotatable bonds is 3. The van der Waals surface area contributed by atoms with E-state index in [0.29, 0.717) is 24.2 Å². The Kier molecular flexibility index (Phi) is 5.41. The summed E-state index contributed by atoms with van der Waals surface area (Å²) in [5.41, 5.74) is 0.983. The molecule has 1 amide bonds. The molecule has 0 aliphatic carbocycles. The summed E-state index contributed by atoms with van der Waals surface area (Å²) in [6.07, 6.45) is 0. The molecular formula is C18H16BrN3O3S. The maximum atomic E-state index is 12.7. The quantitative estimate of drug-likeness (QED) is 0.744. The topological polar surface area (TPSA) is 81.5 Å². The monoisotopic (exact) mass is 433 g/mol. The van der Waals surface area contributed by atoms with Gasteiger partial charge in [0.05, 0.1) is 16.5 Å². The van der Waals surface area contributed by atoms with E-state index < -0.39 is 10.0 Å². The van der Waals surface area contributed by atoms with Gasteiger partial charge in [0.2, 0.25) is 10.0 Å². The zero-order chi connectivity index (χ0) is 18.7. The lowest BCUT2D eigenvalue weighted by Gasteiger charge is -2.34. The van der Waals surface area contributed by atoms with E-state index in [1.54, 1.807) is 23.1 Å². The van der Waals surface area contributed by atoms with E-state index in [-0.39, 0.29) is 23.9 Å². The fourth-order valence-electron chi connectivity index (χ4n) is 2.79. The highest BCUT2D eigenvalue weighted by Gasteiger charge is 2.30. The number of benzene rings is 2. The number of hydrogen-bond donors (Lipinski definition) is 0. The Labute approximate surface area is 160 Å². The lowest BCUT2D eigenvalue weighted by molar-refractivity contribution is 0.0698. The molecule has 0 N–H and O–H groups in total. The fraction of sp³-hybridized carbons (Fsp3) is 0.222. The Balaban J connectivity index is 1.69. The molecule has 26 heavy (non-hydrogen) atoms. The molecule has 1 fully saturated rings. The second-order valence-corrected chi connectivity index (χ2v) is 8.70. The van der Waals surface area contributed by atoms with Crippen molar-refractivity contribution < 1.29 is 13.2 Å². The maximum absolute atomic E-state index is 12.7. The zero-order valence-corrected chi connectivity index (χ0v) is 16.2. The Bertz CT molecular complexity index is 960. The third-order valence-corrected chi connectivity index (χ3v) is 6.62. The van der Waals surface area contributed by atoms with E-state index in [9.17, 15) is 13.2 Å². The molecule has 0 aromatic heterocycles. The van der Waals surface area contributed by atoms with Gasteiger partial charge >= 0.3 is 0 Å². The Morgan fingerprint density at radius 1 is 1.04 bits per heavy atom. The highest BCUT2D eigenvalue weighted by atomic mass is 79.9. The van der Waals surface area contributed by atoms with Crippen LogP contribution in [-0.2, 0) is 10.0 Å². The van der Waals surface area contributed by atoms with Crippen LogP contribution in [0.1, 0.15) is 15.9 Å². The molecule has 0 atom stereocenters. The van der Waals surface area contributed by atoms with Crippen molar-refractivity contribution >= 4 is 31.9 Å². The molecule has 0 bridgehead atoms. The summed E-state index contributed by atoms with van der Waals surface area (Å²) in [5, 5.41) is 8.82. The van der Waals surface area contributed by atoms with Gasteiger partial charge in [0.1, 0.15) is 0 Å². The minimum Gasteiger partial charge on any atom is -0.336 e. The SMILES string of the molecule is N#Cc1ccc(S(=O)(=O)N2CCN(C(=O)c3cccc(Br)c3)CC2)cc1. The van der Waals surface area contributed by atoms with Crippen molar-refractivity contribution in [2.45, 2.75) is 4.90 Å². The van der Waals surface area contributed by atoms with Gasteiger partial charge in [-0.15, -0.1) is 0 Å². The van der Waals surface area contributed by atoms with Crippen LogP contribution in [0.25, 0.3) is 0 Å². The van der Waals surface area contributed by atoms with Crippen LogP contribution in [0.4, 0.5) is 0 Å². The van der Waals surface area contributed by atoms with Gasteiger partial charge in [0.15, 0.2) is 0 Å². The third-order valence-electron chi connectivity index (χ3n) is 4.22. The summed E-state index contributed by atoms with van der Waals surface area (Å²) in [6, 6.07) is 14.9. The van der Waals surface area contributed by atoms with Gasteiger partial charge in [-0.05, 0) is 42.5 Å². The van der Waals surface area contributed by atoms with Crippen molar-refractivity contribution in [3.05, 3.63) is 64.1 Å². The molecule has 2 aromatic carbocycles. The van der Waals surface area contributed by atoms with Crippen LogP contribution in [-0.4, -0.2) is 49.7 Å². The Hall–Kier alpha value is -2.21. The molecule has 3 rings (SSSR count). The van der Waals surface area contributed by atoms with Crippen LogP contribution >= 0.6 is 15.9 Å². The summed E-state index contributed by atoms with van der Waals surface area (Å²) in [5.74, 6) is -0.110. The van der Waals surface area contributed by atoms with Crippen molar-refractivity contribution in [3.8, 4) is 6.07 Å². The summed E-state index contributed by atoms with van der Waals surface area (Å²) in [6.45, 7) is 1.14. The Morgan fingerprint density at radius 2 is 1.69 bits per heavy atom. The van der Waals surface area contributed by atoms with Gasteiger partial charge in [-0.1, -0.05) is 22.0 Å². The number of carbonyl (C=O) groups is 1. The maximum Gasteiger partial charge on any atom is 0.253 e. The molecule has 8 heteroatoms. The minimum atomic E-state index is -3.63. The highest BCUT2D eigenvalue weighted by Crippen LogP contribution is 2.20. The zero-order valence-electron chi connectivity index (χ0n) is 13.8. The van der Waals surface area contributed by atoms with Gasteiger partial charge < -0.3 is 4.90 Å². The molecule has 2 aromatic rings. The summed E-state index contributed by atoms with van der Waals surface area (Å²) >= 11 is 3.35. The summed E-state index contributed by atoms with van der Waals surface area (Å²) in [4.78, 5) is 14.4. The fourth-order valence-corrected chi connectivity index (χ4v) is 4.61. The van der Waals surface area contributed by atoms with Gasteiger partial charge in [-0.2, -0.15) is 9.57 Å². The van der Waals surface area contributed by atoms with E-state index in [2.05, 4.69) is 15.9 Å². The van der Waals surface area contributed by atoms with Crippen molar-refractivity contribution in [3.63, 3.8) is 0 Å². The van der Waals surface area contributed by atoms with Crippen molar-refractivity contribution in [2.24, 2.45) is 0 Å². The van der Waals surface area contributed by atoms with Crippen molar-refractivity contribution in [1.29, 1.82) is 5.26 Å². The Morgan fingerprint density at radius 3 is 2.27 bits per heavy atom. The van der Waals surface area contributed by atoms with Gasteiger partial charge in [0.25, 0.3) is 5.91 Å². The largest absolute Gasteiger partial charge is 0.336 e. The van der Waals surface area contributed by atoms with Crippen LogP contribution in [0.15, 0.2) is 57.9 Å². The number of piperazine rings is 1. The number of carbonyl (C=O) groups excluding carboxylic acids is 1. The van der Waals surface area contributed by atoms with Crippen LogP contribution in [0.2, 0.25) is 0 Å². The van der Waals surface area contributed by atoms with Gasteiger partial charge in [-0.25, -0.2) is 8.42 Å². The first-order chi connectivity index (χ1) is 12.4. The summed E-state index contributed by atoms with van der Waals surface area (Å²) in [7, 11) is -3.63. The molecule has 134 valence electrons. The molecule has 0 spiro atoms. The molecular weight excluding hydrogens is 418 g/mol. The van der Waals surface area contributed by atoms with E-state index in [0.717, 1.165) is 4.47 Å². The van der Waals surface area contributed by atoms with E-state index >= 15 is 0 Å². The average molecular weight is 434 g/mol. The molecule has 1 aliphatic heterocycles. The van der Waals surface area contributed by atoms with Crippen LogP contribution in [0.5, 0.6) is 0 Å². The first-order valence-electron chi connectivity index (χ1n) is 7.97. The standard InChI is InChI=1S/C18H16BrN3O3S/c19-16-3-1-2-15(12-16)18(23)21-8-10-22(11-9-21)26(24,25)17-6-4-14(13-20)5-7-17/h1-7,12H,8-11H2. The molecule has 1 saturated heterocycles. The second kappa shape index (κ2) is 7.58. The van der Waals surface area contributed by atoms with Crippen LogP contribution < -0.4 is 0 Å². The van der Waals surface area contributed by atoms with Crippen LogP contribution in [0.3, 0.4) is 0 Å². The number of nitriles is 1. The predicted octanol–water partition coefficient (Wildman–Crippen LogP) is 2.47. The van der Waals surface area contributed by atoms with Crippen molar-refractivity contribution in [2.75, 3.05) is 26.2 Å². The van der Waals surface area contributed by atoms with Crippen LogP contribution in [0, 0.1) is 11.3 Å². The smallest absolute Gasteiger partial charge is 0.253 e. The van der Waals surface area contributed by atoms with Crippen molar-refractivity contribution in [1.82, 2.24) is 9.21 Å². The minimum absolute atomic E-state index is 0.110. The second-order valence-electron chi connectivity index (χ2n) is 5.84. The van der Waals surface area contributed by atoms with E-state index in [4.69, 9.17) is 5.26 Å². The number of halogens is 1. The molecule has 1 heterocycles. The highest BCUT2D eigenvalue weighted by molar-refractivity contribution is 9.10. The first kappa shape index (κ1) is 18.6. The van der Waals surface area contributed by atoms with Gasteiger partial charge in [0, 0.05) is 36.2 Å². The molecule has 6 nitrogen and oxygen atoms in total. The first-order valence-corrected chi connectivity index (χ1v) is 10.2. The number of hydrogen-bond acceptors (Lipinski definition) is 4. The summed E-state index contributed by atoms with van der Waals surface area (Å²) < 4.78 is 27.6. The normalized spacial score (nSPS) is 15.5. The number of sulfonamides is 1.